The SMILES string of the molecule is c1ccc(N(CC2CO2)CN(CC2CO2)c2ccccc2CC2CO2)c(CC2CO2)c1. The van der Waals surface area contributed by atoms with Crippen molar-refractivity contribution >= 4 is 11.4 Å². The number of para-hydroxylation sites is 2. The number of benzene rings is 2. The molecule has 4 aliphatic rings. The lowest BCUT2D eigenvalue weighted by Gasteiger charge is -2.35. The van der Waals surface area contributed by atoms with Crippen molar-refractivity contribution in [1.29, 1.82) is 0 Å². The van der Waals surface area contributed by atoms with E-state index in [1.54, 1.807) is 0 Å². The van der Waals surface area contributed by atoms with Crippen LogP contribution < -0.4 is 9.80 Å². The maximum Gasteiger partial charge on any atom is 0.0984 e. The molecule has 4 fully saturated rings. The number of ether oxygens (including phenoxy) is 4. The second kappa shape index (κ2) is 8.43. The smallest absolute Gasteiger partial charge is 0.0984 e. The Morgan fingerprint density at radius 3 is 1.35 bits per heavy atom. The molecule has 4 saturated heterocycles. The van der Waals surface area contributed by atoms with Gasteiger partial charge in [0.2, 0.25) is 0 Å². The molecule has 6 heteroatoms. The molecule has 0 saturated carbocycles. The predicted molar refractivity (Wildman–Crippen MR) is 119 cm³/mol. The van der Waals surface area contributed by atoms with E-state index in [4.69, 9.17) is 18.9 Å². The molecule has 4 aliphatic heterocycles. The molecule has 6 nitrogen and oxygen atoms in total. The van der Waals surface area contributed by atoms with Gasteiger partial charge in [0.05, 0.1) is 57.5 Å². The molecule has 2 aromatic rings. The highest BCUT2D eigenvalue weighted by molar-refractivity contribution is 5.59. The molecule has 0 aliphatic carbocycles. The van der Waals surface area contributed by atoms with Crippen molar-refractivity contribution in [3.63, 3.8) is 0 Å². The molecule has 0 N–H and O–H groups in total. The minimum absolute atomic E-state index is 0.319. The van der Waals surface area contributed by atoms with Gasteiger partial charge in [-0.1, -0.05) is 36.4 Å². The van der Waals surface area contributed by atoms with Gasteiger partial charge in [-0.25, -0.2) is 0 Å². The van der Waals surface area contributed by atoms with Crippen molar-refractivity contribution < 1.29 is 18.9 Å². The van der Waals surface area contributed by atoms with Gasteiger partial charge in [-0.2, -0.15) is 0 Å². The number of epoxide rings is 4. The van der Waals surface area contributed by atoms with Gasteiger partial charge in [-0.15, -0.1) is 0 Å². The van der Waals surface area contributed by atoms with Crippen LogP contribution in [0.15, 0.2) is 48.5 Å². The standard InChI is InChI=1S/C25H30N2O4/c1-3-7-24(18(5-1)9-20-13-28-20)26(11-22-15-30-22)17-27(12-23-16-31-23)25-8-4-2-6-19(25)10-21-14-29-21/h1-8,20-23H,9-17H2. The Kier molecular flexibility index (Phi) is 5.32. The summed E-state index contributed by atoms with van der Waals surface area (Å²) < 4.78 is 22.3. The van der Waals surface area contributed by atoms with Crippen LogP contribution in [0.25, 0.3) is 0 Å². The van der Waals surface area contributed by atoms with E-state index in [9.17, 15) is 0 Å². The van der Waals surface area contributed by atoms with Crippen molar-refractivity contribution in [2.45, 2.75) is 37.3 Å². The maximum absolute atomic E-state index is 5.63. The molecule has 0 radical (unpaired) electrons. The summed E-state index contributed by atoms with van der Waals surface area (Å²) in [5.74, 6) is 0. The first kappa shape index (κ1) is 19.6. The summed E-state index contributed by atoms with van der Waals surface area (Å²) in [4.78, 5) is 4.98. The lowest BCUT2D eigenvalue weighted by atomic mass is 10.1. The van der Waals surface area contributed by atoms with Crippen LogP contribution in [0.4, 0.5) is 11.4 Å². The van der Waals surface area contributed by atoms with Crippen LogP contribution in [0, 0.1) is 0 Å². The van der Waals surface area contributed by atoms with Gasteiger partial charge in [-0.3, -0.25) is 0 Å². The first-order valence-corrected chi connectivity index (χ1v) is 11.4. The number of hydrogen-bond donors (Lipinski definition) is 0. The number of anilines is 2. The Hall–Kier alpha value is -2.12. The monoisotopic (exact) mass is 422 g/mol. The molecule has 4 heterocycles. The second-order valence-electron chi connectivity index (χ2n) is 9.07. The normalized spacial score (nSPS) is 27.6. The largest absolute Gasteiger partial charge is 0.373 e. The van der Waals surface area contributed by atoms with E-state index in [1.807, 2.05) is 0 Å². The summed E-state index contributed by atoms with van der Waals surface area (Å²) >= 11 is 0. The van der Waals surface area contributed by atoms with E-state index in [0.717, 1.165) is 59.0 Å². The molecule has 6 rings (SSSR count). The predicted octanol–water partition coefficient (Wildman–Crippen LogP) is 2.64. The Labute approximate surface area is 183 Å². The van der Waals surface area contributed by atoms with Gasteiger partial charge in [-0.05, 0) is 23.3 Å². The Balaban J connectivity index is 1.29. The minimum atomic E-state index is 0.319. The average molecular weight is 423 g/mol. The van der Waals surface area contributed by atoms with E-state index < -0.39 is 0 Å². The van der Waals surface area contributed by atoms with Crippen molar-refractivity contribution in [2.75, 3.05) is 56.0 Å². The lowest BCUT2D eigenvalue weighted by molar-refractivity contribution is 0.398. The summed E-state index contributed by atoms with van der Waals surface area (Å²) in [6.07, 6.45) is 3.32. The maximum atomic E-state index is 5.63. The van der Waals surface area contributed by atoms with Gasteiger partial charge < -0.3 is 28.7 Å². The fraction of sp³-hybridized carbons (Fsp3) is 0.520. The zero-order valence-electron chi connectivity index (χ0n) is 17.8. The quantitative estimate of drug-likeness (QED) is 0.387. The van der Waals surface area contributed by atoms with E-state index in [2.05, 4.69) is 58.3 Å². The lowest BCUT2D eigenvalue weighted by Crippen LogP contribution is -2.42. The third-order valence-corrected chi connectivity index (χ3v) is 6.36. The molecule has 2 aromatic carbocycles. The van der Waals surface area contributed by atoms with Crippen LogP contribution in [-0.2, 0) is 31.8 Å². The molecular weight excluding hydrogens is 392 g/mol. The number of hydrogen-bond acceptors (Lipinski definition) is 6. The Bertz CT molecular complexity index is 832. The summed E-state index contributed by atoms with van der Waals surface area (Å²) in [5, 5.41) is 0. The van der Waals surface area contributed by atoms with Gasteiger partial charge in [0.15, 0.2) is 0 Å². The van der Waals surface area contributed by atoms with Crippen molar-refractivity contribution in [3.8, 4) is 0 Å². The summed E-state index contributed by atoms with van der Waals surface area (Å²) in [6, 6.07) is 17.5. The Morgan fingerprint density at radius 1 is 0.581 bits per heavy atom. The van der Waals surface area contributed by atoms with Crippen LogP contribution in [0.5, 0.6) is 0 Å². The number of nitrogens with zero attached hydrogens (tertiary/aromatic N) is 2. The third-order valence-electron chi connectivity index (χ3n) is 6.36. The van der Waals surface area contributed by atoms with Crippen LogP contribution in [-0.4, -0.2) is 70.6 Å². The van der Waals surface area contributed by atoms with E-state index in [-0.39, 0.29) is 0 Å². The van der Waals surface area contributed by atoms with Crippen LogP contribution in [0.1, 0.15) is 11.1 Å². The molecule has 0 aromatic heterocycles. The van der Waals surface area contributed by atoms with Gasteiger partial charge in [0.1, 0.15) is 0 Å². The molecule has 0 amide bonds. The van der Waals surface area contributed by atoms with E-state index in [0.29, 0.717) is 24.4 Å². The summed E-state index contributed by atoms with van der Waals surface area (Å²) in [5.41, 5.74) is 5.29. The van der Waals surface area contributed by atoms with Gasteiger partial charge in [0.25, 0.3) is 0 Å². The van der Waals surface area contributed by atoms with E-state index >= 15 is 0 Å². The first-order chi connectivity index (χ1) is 15.3. The Morgan fingerprint density at radius 2 is 0.968 bits per heavy atom. The first-order valence-electron chi connectivity index (χ1n) is 11.4. The summed E-state index contributed by atoms with van der Waals surface area (Å²) in [7, 11) is 0. The molecule has 164 valence electrons. The molecule has 0 spiro atoms. The topological polar surface area (TPSA) is 56.6 Å². The third kappa shape index (κ3) is 5.21. The average Bonchev–Trinajstić information content (AvgIpc) is 3.62. The minimum Gasteiger partial charge on any atom is -0.373 e. The fourth-order valence-corrected chi connectivity index (χ4v) is 4.36. The van der Waals surface area contributed by atoms with Crippen LogP contribution in [0.3, 0.4) is 0 Å². The van der Waals surface area contributed by atoms with Crippen molar-refractivity contribution in [3.05, 3.63) is 59.7 Å². The second-order valence-corrected chi connectivity index (χ2v) is 9.07. The molecule has 4 unspecified atom stereocenters. The van der Waals surface area contributed by atoms with Crippen LogP contribution in [0.2, 0.25) is 0 Å². The van der Waals surface area contributed by atoms with Gasteiger partial charge in [0, 0.05) is 37.3 Å². The molecule has 0 bridgehead atoms. The highest BCUT2D eigenvalue weighted by Gasteiger charge is 2.33. The van der Waals surface area contributed by atoms with Crippen LogP contribution >= 0.6 is 0 Å². The van der Waals surface area contributed by atoms with Gasteiger partial charge >= 0.3 is 0 Å². The zero-order chi connectivity index (χ0) is 20.6. The molecule has 31 heavy (non-hydrogen) atoms. The fourth-order valence-electron chi connectivity index (χ4n) is 4.36. The highest BCUT2D eigenvalue weighted by atomic mass is 16.6. The van der Waals surface area contributed by atoms with Crippen molar-refractivity contribution in [2.24, 2.45) is 0 Å². The number of rotatable bonds is 12. The molecule has 4 atom stereocenters. The zero-order valence-corrected chi connectivity index (χ0v) is 17.8. The highest BCUT2D eigenvalue weighted by Crippen LogP contribution is 2.31. The summed E-state index contributed by atoms with van der Waals surface area (Å²) in [6.45, 7) is 6.07. The van der Waals surface area contributed by atoms with E-state index in [1.165, 1.54) is 22.5 Å². The van der Waals surface area contributed by atoms with Crippen molar-refractivity contribution in [1.82, 2.24) is 0 Å². The molecular formula is C25H30N2O4.